The Labute approximate surface area is 438 Å². The van der Waals surface area contributed by atoms with Gasteiger partial charge in [-0.25, -0.2) is 4.79 Å². The van der Waals surface area contributed by atoms with Crippen LogP contribution in [-0.4, -0.2) is 67.2 Å². The van der Waals surface area contributed by atoms with Crippen LogP contribution in [0.4, 0.5) is 0 Å². The highest BCUT2D eigenvalue weighted by molar-refractivity contribution is 5.71. The van der Waals surface area contributed by atoms with Crippen molar-refractivity contribution in [1.82, 2.24) is 0 Å². The molecular weight excluding hydrogens is 929 g/mol. The first-order valence-electron chi connectivity index (χ1n) is 27.0. The molecule has 1 saturated heterocycles. The van der Waals surface area contributed by atoms with Gasteiger partial charge in [-0.05, 0) is 101 Å². The first-order chi connectivity index (χ1) is 36.5. The van der Waals surface area contributed by atoms with Crippen LogP contribution in [0.15, 0.2) is 170 Å². The summed E-state index contributed by atoms with van der Waals surface area (Å²) in [4.78, 5) is 12.7. The number of ether oxygens (including phenoxy) is 8. The number of unbranched alkanes of at least 4 members (excludes halogenated alkanes) is 2. The minimum atomic E-state index is -0.815. The van der Waals surface area contributed by atoms with Gasteiger partial charge < -0.3 is 43.0 Å². The SMILES string of the molecule is CCCCC[C@H](CC[C@H]1[C@@H]2Cc3cccc(OCC(=O)OCc4ccccc4)c3C[C@@H]2C[C@@H]1O)OC1OC(COCc2ccccc2)[C@@H](OCc2ccccc2)[C@H](OCc2ccccc2)[C@H]1OCc1ccccc1. The fraction of sp³-hybridized carbons (Fsp3) is 0.422. The van der Waals surface area contributed by atoms with Crippen molar-refractivity contribution in [3.63, 3.8) is 0 Å². The topological polar surface area (TPSA) is 111 Å². The number of esters is 1. The van der Waals surface area contributed by atoms with Crippen molar-refractivity contribution in [2.24, 2.45) is 17.8 Å². The van der Waals surface area contributed by atoms with E-state index < -0.39 is 42.8 Å². The molecule has 2 aliphatic carbocycles. The number of aliphatic hydroxyl groups excluding tert-OH is 1. The van der Waals surface area contributed by atoms with E-state index in [1.54, 1.807) is 0 Å². The molecule has 10 heteroatoms. The van der Waals surface area contributed by atoms with Crippen LogP contribution >= 0.6 is 0 Å². The molecular formula is C64H74O10. The zero-order chi connectivity index (χ0) is 50.7. The van der Waals surface area contributed by atoms with Gasteiger partial charge in [-0.1, -0.05) is 190 Å². The summed E-state index contributed by atoms with van der Waals surface area (Å²) >= 11 is 0. The summed E-state index contributed by atoms with van der Waals surface area (Å²) in [5, 5.41) is 11.9. The van der Waals surface area contributed by atoms with Crippen molar-refractivity contribution in [3.8, 4) is 5.75 Å². The maximum absolute atomic E-state index is 12.7. The molecule has 6 aromatic rings. The van der Waals surface area contributed by atoms with E-state index in [4.69, 9.17) is 37.9 Å². The zero-order valence-electron chi connectivity index (χ0n) is 42.9. The standard InChI is InChI=1S/C64H74O10/c1-2-3-9-32-53(34-35-54-55-36-51-31-20-33-58(56(51)37-52(55)38-57(54)65)68-45-60(66)69-40-47-23-12-5-13-24-47)73-64-63(72-43-50-29-18-8-19-30-50)62(71-42-49-27-16-7-17-28-49)61(70-41-48-25-14-6-15-26-48)59(74-64)44-67-39-46-21-10-4-11-22-46/h4-8,10-31,33,52-55,57,59,61-65H,2-3,9,32,34-45H2,1H3/t52-,53-,54+,55-,57+,59?,61-,62+,63-,64?/m1/s1. The summed E-state index contributed by atoms with van der Waals surface area (Å²) in [6, 6.07) is 56.6. The second kappa shape index (κ2) is 27.7. The van der Waals surface area contributed by atoms with Crippen LogP contribution in [0.25, 0.3) is 0 Å². The van der Waals surface area contributed by atoms with Gasteiger partial charge in [-0.3, -0.25) is 0 Å². The first-order valence-corrected chi connectivity index (χ1v) is 27.0. The Balaban J connectivity index is 0.942. The van der Waals surface area contributed by atoms with Crippen molar-refractivity contribution in [1.29, 1.82) is 0 Å². The van der Waals surface area contributed by atoms with Crippen LogP contribution in [0.3, 0.4) is 0 Å². The van der Waals surface area contributed by atoms with Crippen LogP contribution in [0, 0.1) is 17.8 Å². The minimum absolute atomic E-state index is 0.0946. The highest BCUT2D eigenvalue weighted by Crippen LogP contribution is 2.49. The Hall–Kier alpha value is -5.69. The summed E-state index contributed by atoms with van der Waals surface area (Å²) in [5.41, 5.74) is 7.46. The van der Waals surface area contributed by atoms with Gasteiger partial charge in [0.2, 0.25) is 0 Å². The van der Waals surface area contributed by atoms with Crippen molar-refractivity contribution in [2.75, 3.05) is 13.2 Å². The van der Waals surface area contributed by atoms with E-state index in [9.17, 15) is 9.90 Å². The third kappa shape index (κ3) is 15.0. The van der Waals surface area contributed by atoms with Gasteiger partial charge in [0.15, 0.2) is 12.9 Å². The lowest BCUT2D eigenvalue weighted by Crippen LogP contribution is -2.62. The van der Waals surface area contributed by atoms with Gasteiger partial charge in [0, 0.05) is 0 Å². The minimum Gasteiger partial charge on any atom is -0.482 e. The maximum atomic E-state index is 12.7. The fourth-order valence-electron chi connectivity index (χ4n) is 11.2. The van der Waals surface area contributed by atoms with Crippen LogP contribution in [0.5, 0.6) is 5.75 Å². The Morgan fingerprint density at radius 1 is 0.608 bits per heavy atom. The molecule has 9 rings (SSSR count). The van der Waals surface area contributed by atoms with E-state index in [0.29, 0.717) is 38.3 Å². The van der Waals surface area contributed by atoms with E-state index in [1.807, 2.05) is 115 Å². The first kappa shape index (κ1) is 53.1. The van der Waals surface area contributed by atoms with Gasteiger partial charge in [-0.2, -0.15) is 0 Å². The number of fused-ring (bicyclic) bond motifs is 2. The van der Waals surface area contributed by atoms with Gasteiger partial charge >= 0.3 is 5.97 Å². The molecule has 0 amide bonds. The highest BCUT2D eigenvalue weighted by Gasteiger charge is 2.50. The molecule has 0 spiro atoms. The van der Waals surface area contributed by atoms with Crippen molar-refractivity contribution in [2.45, 2.75) is 141 Å². The summed E-state index contributed by atoms with van der Waals surface area (Å²) in [5.74, 6) is 1.01. The largest absolute Gasteiger partial charge is 0.482 e. The monoisotopic (exact) mass is 1000 g/mol. The van der Waals surface area contributed by atoms with Crippen LogP contribution < -0.4 is 4.74 Å². The van der Waals surface area contributed by atoms with Gasteiger partial charge in [-0.15, -0.1) is 0 Å². The van der Waals surface area contributed by atoms with Gasteiger partial charge in [0.25, 0.3) is 0 Å². The molecule has 74 heavy (non-hydrogen) atoms. The van der Waals surface area contributed by atoms with E-state index in [2.05, 4.69) is 61.5 Å². The predicted octanol–water partition coefficient (Wildman–Crippen LogP) is 12.0. The molecule has 10 atom stereocenters. The Morgan fingerprint density at radius 2 is 1.16 bits per heavy atom. The molecule has 0 radical (unpaired) electrons. The molecule has 2 unspecified atom stereocenters. The third-order valence-corrected chi connectivity index (χ3v) is 15.1. The van der Waals surface area contributed by atoms with E-state index in [-0.39, 0.29) is 31.8 Å². The lowest BCUT2D eigenvalue weighted by atomic mass is 9.73. The summed E-state index contributed by atoms with van der Waals surface area (Å²) in [6.07, 6.45) is 4.07. The molecule has 3 aliphatic rings. The molecule has 0 bridgehead atoms. The number of rotatable bonds is 27. The molecule has 1 heterocycles. The fourth-order valence-corrected chi connectivity index (χ4v) is 11.2. The second-order valence-corrected chi connectivity index (χ2v) is 20.3. The average molecular weight is 1000 g/mol. The highest BCUT2D eigenvalue weighted by atomic mass is 16.7. The van der Waals surface area contributed by atoms with Crippen molar-refractivity contribution in [3.05, 3.63) is 209 Å². The molecule has 6 aromatic carbocycles. The second-order valence-electron chi connectivity index (χ2n) is 20.3. The van der Waals surface area contributed by atoms with Crippen molar-refractivity contribution < 1.29 is 47.8 Å². The number of carbonyl (C=O) groups excluding carboxylic acids is 1. The number of aliphatic hydroxyl groups is 1. The number of benzene rings is 6. The van der Waals surface area contributed by atoms with Gasteiger partial charge in [0.05, 0.1) is 45.2 Å². The maximum Gasteiger partial charge on any atom is 0.344 e. The van der Waals surface area contributed by atoms with Crippen LogP contribution in [-0.2, 0) is 83.8 Å². The number of carbonyl (C=O) groups is 1. The quantitative estimate of drug-likeness (QED) is 0.0395. The summed E-state index contributed by atoms with van der Waals surface area (Å²) < 4.78 is 53.7. The number of hydrogen-bond donors (Lipinski definition) is 1. The molecule has 1 N–H and O–H groups in total. The molecule has 1 saturated carbocycles. The Bertz CT molecular complexity index is 2550. The molecule has 10 nitrogen and oxygen atoms in total. The number of hydrogen-bond acceptors (Lipinski definition) is 10. The third-order valence-electron chi connectivity index (χ3n) is 15.1. The summed E-state index contributed by atoms with van der Waals surface area (Å²) in [6.45, 7) is 3.94. The normalized spacial score (nSPS) is 23.6. The zero-order valence-corrected chi connectivity index (χ0v) is 42.9. The Morgan fingerprint density at radius 3 is 1.76 bits per heavy atom. The van der Waals surface area contributed by atoms with E-state index in [0.717, 1.165) is 96.9 Å². The van der Waals surface area contributed by atoms with Crippen LogP contribution in [0.2, 0.25) is 0 Å². The molecule has 390 valence electrons. The van der Waals surface area contributed by atoms with E-state index in [1.165, 1.54) is 5.56 Å². The Kier molecular flexibility index (Phi) is 19.9. The predicted molar refractivity (Wildman–Crippen MR) is 285 cm³/mol. The molecule has 1 aliphatic heterocycles. The van der Waals surface area contributed by atoms with Crippen molar-refractivity contribution >= 4 is 5.97 Å². The lowest BCUT2D eigenvalue weighted by molar-refractivity contribution is -0.337. The van der Waals surface area contributed by atoms with E-state index >= 15 is 0 Å². The summed E-state index contributed by atoms with van der Waals surface area (Å²) in [7, 11) is 0. The van der Waals surface area contributed by atoms with Gasteiger partial charge in [0.1, 0.15) is 36.8 Å². The lowest BCUT2D eigenvalue weighted by Gasteiger charge is -2.46. The molecule has 2 fully saturated rings. The molecule has 0 aromatic heterocycles. The average Bonchev–Trinajstić information content (AvgIpc) is 3.75. The van der Waals surface area contributed by atoms with Crippen LogP contribution in [0.1, 0.15) is 90.8 Å². The smallest absolute Gasteiger partial charge is 0.344 e.